The summed E-state index contributed by atoms with van der Waals surface area (Å²) < 4.78 is 28.3. The van der Waals surface area contributed by atoms with E-state index < -0.39 is 40.9 Å². The summed E-state index contributed by atoms with van der Waals surface area (Å²) in [4.78, 5) is 25.0. The minimum absolute atomic E-state index is 0.0473. The zero-order valence-electron chi connectivity index (χ0n) is 13.0. The molecule has 2 fully saturated rings. The molecule has 0 aromatic heterocycles. The summed E-state index contributed by atoms with van der Waals surface area (Å²) in [6, 6.07) is 9.11. The number of hydrogen-bond acceptors (Lipinski definition) is 5. The minimum Gasteiger partial charge on any atom is -0.461 e. The van der Waals surface area contributed by atoms with Crippen molar-refractivity contribution >= 4 is 53.4 Å². The first kappa shape index (κ1) is 18.1. The van der Waals surface area contributed by atoms with Gasteiger partial charge in [0, 0.05) is 0 Å². The predicted molar refractivity (Wildman–Crippen MR) is 95.6 cm³/mol. The number of sulfone groups is 1. The number of alkyl halides is 2. The first-order chi connectivity index (χ1) is 11.0. The second-order valence-corrected chi connectivity index (χ2v) is 12.9. The third-order valence-corrected chi connectivity index (χ3v) is 10.4. The first-order valence-corrected chi connectivity index (χ1v) is 10.5. The van der Waals surface area contributed by atoms with E-state index in [1.54, 1.807) is 0 Å². The molecule has 1 heterocycles. The Hall–Kier alpha value is -0.730. The van der Waals surface area contributed by atoms with E-state index in [4.69, 9.17) is 4.74 Å². The van der Waals surface area contributed by atoms with Gasteiger partial charge in [0.25, 0.3) is 0 Å². The highest BCUT2D eigenvalue weighted by molar-refractivity contribution is 9.26. The van der Waals surface area contributed by atoms with Crippen LogP contribution in [0.2, 0.25) is 0 Å². The van der Waals surface area contributed by atoms with Crippen LogP contribution in [0.25, 0.3) is 0 Å². The van der Waals surface area contributed by atoms with Crippen LogP contribution >= 0.6 is 31.9 Å². The van der Waals surface area contributed by atoms with Crippen molar-refractivity contribution in [1.29, 1.82) is 0 Å². The molecule has 1 saturated carbocycles. The topological polar surface area (TPSA) is 77.5 Å². The number of esters is 1. The summed E-state index contributed by atoms with van der Waals surface area (Å²) in [5.41, 5.74) is 0.802. The number of carbonyl (C=O) groups is 2. The maximum atomic E-state index is 12.8. The number of ether oxygens (including phenoxy) is 1. The van der Waals surface area contributed by atoms with Gasteiger partial charge in [-0.25, -0.2) is 8.42 Å². The van der Waals surface area contributed by atoms with Crippen LogP contribution in [-0.2, 0) is 30.8 Å². The summed E-state index contributed by atoms with van der Waals surface area (Å²) in [5.74, 6) is -2.87. The van der Waals surface area contributed by atoms with Gasteiger partial charge >= 0.3 is 5.97 Å². The quantitative estimate of drug-likeness (QED) is 0.491. The molecule has 0 N–H and O–H groups in total. The van der Waals surface area contributed by atoms with E-state index in [1.165, 1.54) is 13.8 Å². The first-order valence-electron chi connectivity index (χ1n) is 7.39. The number of rotatable bonds is 3. The van der Waals surface area contributed by atoms with Crippen molar-refractivity contribution in [3.63, 3.8) is 0 Å². The molecule has 1 saturated heterocycles. The van der Waals surface area contributed by atoms with E-state index >= 15 is 0 Å². The lowest BCUT2D eigenvalue weighted by Gasteiger charge is -2.41. The summed E-state index contributed by atoms with van der Waals surface area (Å²) in [7, 11) is -3.70. The van der Waals surface area contributed by atoms with Gasteiger partial charge in [0.2, 0.25) is 0 Å². The molecule has 1 aliphatic carbocycles. The van der Waals surface area contributed by atoms with Gasteiger partial charge in [-0.2, -0.15) is 0 Å². The van der Waals surface area contributed by atoms with Gasteiger partial charge < -0.3 is 4.74 Å². The Kier molecular flexibility index (Phi) is 4.25. The normalized spacial score (nSPS) is 31.8. The maximum absolute atomic E-state index is 12.8. The van der Waals surface area contributed by atoms with Gasteiger partial charge in [-0.1, -0.05) is 62.2 Å². The molecule has 2 aliphatic rings. The summed E-state index contributed by atoms with van der Waals surface area (Å²) in [5, 5.41) is -0.971. The smallest absolute Gasteiger partial charge is 0.311 e. The SMILES string of the molecule is CC1(C)[C@H](C(=O)OCc2ccccc2)C2C(=O)C(Br)(Br)[C@H]2S1(=O)=O. The van der Waals surface area contributed by atoms with Gasteiger partial charge in [-0.3, -0.25) is 9.59 Å². The van der Waals surface area contributed by atoms with Crippen LogP contribution in [0.3, 0.4) is 0 Å². The second kappa shape index (κ2) is 5.64. The van der Waals surface area contributed by atoms with Crippen molar-refractivity contribution in [2.24, 2.45) is 11.8 Å². The molecule has 0 spiro atoms. The van der Waals surface area contributed by atoms with Crippen molar-refractivity contribution in [3.8, 4) is 0 Å². The van der Waals surface area contributed by atoms with Crippen LogP contribution in [0.1, 0.15) is 19.4 Å². The number of benzene rings is 1. The molecule has 1 aromatic rings. The highest BCUT2D eigenvalue weighted by atomic mass is 79.9. The molecule has 0 amide bonds. The van der Waals surface area contributed by atoms with Crippen molar-refractivity contribution in [2.75, 3.05) is 0 Å². The lowest BCUT2D eigenvalue weighted by molar-refractivity contribution is -0.156. The molecule has 3 atom stereocenters. The van der Waals surface area contributed by atoms with Crippen LogP contribution in [0.5, 0.6) is 0 Å². The van der Waals surface area contributed by atoms with E-state index in [9.17, 15) is 18.0 Å². The van der Waals surface area contributed by atoms with E-state index in [1.807, 2.05) is 30.3 Å². The van der Waals surface area contributed by atoms with Crippen molar-refractivity contribution < 1.29 is 22.7 Å². The van der Waals surface area contributed by atoms with Gasteiger partial charge in [0.1, 0.15) is 11.9 Å². The summed E-state index contributed by atoms with van der Waals surface area (Å²) in [6.07, 6.45) is 0. The third kappa shape index (κ3) is 2.33. The molecule has 24 heavy (non-hydrogen) atoms. The molecule has 1 aromatic carbocycles. The Labute approximate surface area is 157 Å². The van der Waals surface area contributed by atoms with E-state index in [0.29, 0.717) is 0 Å². The van der Waals surface area contributed by atoms with E-state index in [-0.39, 0.29) is 12.4 Å². The molecule has 5 nitrogen and oxygen atoms in total. The molecule has 0 radical (unpaired) electrons. The van der Waals surface area contributed by atoms with Crippen LogP contribution in [0.4, 0.5) is 0 Å². The zero-order chi connectivity index (χ0) is 17.9. The molecule has 1 unspecified atom stereocenters. The molecular weight excluding hydrogens is 464 g/mol. The summed E-state index contributed by atoms with van der Waals surface area (Å²) in [6.45, 7) is 3.02. The molecule has 0 bridgehead atoms. The average molecular weight is 480 g/mol. The van der Waals surface area contributed by atoms with Crippen LogP contribution in [0, 0.1) is 11.8 Å². The monoisotopic (exact) mass is 478 g/mol. The van der Waals surface area contributed by atoms with E-state index in [0.717, 1.165) is 5.56 Å². The largest absolute Gasteiger partial charge is 0.461 e. The van der Waals surface area contributed by atoms with Crippen LogP contribution < -0.4 is 0 Å². The summed E-state index contributed by atoms with van der Waals surface area (Å²) >= 11 is 6.30. The Morgan fingerprint density at radius 2 is 1.79 bits per heavy atom. The fourth-order valence-corrected chi connectivity index (χ4v) is 8.53. The fraction of sp³-hybridized carbons (Fsp3) is 0.500. The molecule has 130 valence electrons. The number of carbonyl (C=O) groups excluding carboxylic acids is 2. The van der Waals surface area contributed by atoms with Crippen LogP contribution in [-0.4, -0.2) is 33.4 Å². The molecule has 1 aliphatic heterocycles. The highest BCUT2D eigenvalue weighted by Crippen LogP contribution is 2.62. The standard InChI is InChI=1S/C16H16Br2O5S/c1-15(2)11(14(20)23-8-9-6-4-3-5-7-9)10-12(19)16(17,18)13(10)24(15,21)22/h3-7,10-11,13H,8H2,1-2H3/t10?,11-,13-/m0/s1. The Morgan fingerprint density at radius 1 is 1.21 bits per heavy atom. The third-order valence-electron chi connectivity index (χ3n) is 4.97. The maximum Gasteiger partial charge on any atom is 0.311 e. The number of ketones is 1. The second-order valence-electron chi connectivity index (χ2n) is 6.65. The average Bonchev–Trinajstić information content (AvgIpc) is 2.67. The van der Waals surface area contributed by atoms with Crippen molar-refractivity contribution in [3.05, 3.63) is 35.9 Å². The Bertz CT molecular complexity index is 801. The van der Waals surface area contributed by atoms with Crippen molar-refractivity contribution in [1.82, 2.24) is 0 Å². The van der Waals surface area contributed by atoms with Gasteiger partial charge in [0.15, 0.2) is 18.9 Å². The minimum atomic E-state index is -3.70. The molecule has 8 heteroatoms. The number of halogens is 2. The van der Waals surface area contributed by atoms with E-state index in [2.05, 4.69) is 31.9 Å². The Balaban J connectivity index is 1.87. The van der Waals surface area contributed by atoms with Crippen molar-refractivity contribution in [2.45, 2.75) is 33.7 Å². The van der Waals surface area contributed by atoms with Gasteiger partial charge in [0.05, 0.1) is 16.6 Å². The number of hydrogen-bond donors (Lipinski definition) is 0. The lowest BCUT2D eigenvalue weighted by Crippen LogP contribution is -2.61. The lowest BCUT2D eigenvalue weighted by atomic mass is 9.70. The Morgan fingerprint density at radius 3 is 2.38 bits per heavy atom. The highest BCUT2D eigenvalue weighted by Gasteiger charge is 2.78. The fourth-order valence-electron chi connectivity index (χ4n) is 3.53. The predicted octanol–water partition coefficient (Wildman–Crippen LogP) is 2.61. The molecular formula is C16H16Br2O5S. The van der Waals surface area contributed by atoms with Gasteiger partial charge in [-0.15, -0.1) is 0 Å². The number of Topliss-reactive ketones (excluding diaryl/α,β-unsaturated/α-hetero) is 1. The number of fused-ring (bicyclic) bond motifs is 1. The van der Waals surface area contributed by atoms with Crippen LogP contribution in [0.15, 0.2) is 30.3 Å². The zero-order valence-corrected chi connectivity index (χ0v) is 17.0. The molecule has 3 rings (SSSR count). The van der Waals surface area contributed by atoms with Gasteiger partial charge in [-0.05, 0) is 19.4 Å².